The van der Waals surface area contributed by atoms with Gasteiger partial charge in [0.15, 0.2) is 0 Å². The summed E-state index contributed by atoms with van der Waals surface area (Å²) in [5.41, 5.74) is 0. The fourth-order valence-corrected chi connectivity index (χ4v) is 5.48. The number of rotatable bonds is 20. The molecule has 0 atom stereocenters. The van der Waals surface area contributed by atoms with E-state index in [2.05, 4.69) is 19.1 Å². The second-order valence-corrected chi connectivity index (χ2v) is 10.7. The Morgan fingerprint density at radius 1 is 0.643 bits per heavy atom. The second kappa shape index (κ2) is 18.9. The zero-order valence-electron chi connectivity index (χ0n) is 19.6. The molecular weight excluding hydrogens is 367 g/mol. The first-order chi connectivity index (χ1) is 13.4. The van der Waals surface area contributed by atoms with Crippen LogP contribution < -0.4 is 0 Å². The normalized spacial score (nSPS) is 12.7. The van der Waals surface area contributed by atoms with E-state index in [1.54, 1.807) is 0 Å². The lowest BCUT2D eigenvalue weighted by Gasteiger charge is -2.22. The Morgan fingerprint density at radius 2 is 1.04 bits per heavy atom. The number of unbranched alkanes of at least 4 members (excludes halogenated alkanes) is 12. The molecule has 0 radical (unpaired) electrons. The average molecular weight is 417 g/mol. The molecular formula is C24H49O3P. The van der Waals surface area contributed by atoms with Crippen molar-refractivity contribution in [3.63, 3.8) is 0 Å². The summed E-state index contributed by atoms with van der Waals surface area (Å²) in [5, 5.41) is 0. The molecule has 168 valence electrons. The first-order valence-electron chi connectivity index (χ1n) is 12.0. The minimum absolute atomic E-state index is 0.0568. The van der Waals surface area contributed by atoms with Crippen molar-refractivity contribution in [2.75, 3.05) is 6.16 Å². The smallest absolute Gasteiger partial charge is 0.306 e. The molecule has 0 aliphatic heterocycles. The molecule has 0 fully saturated rings. The Bertz CT molecular complexity index is 391. The van der Waals surface area contributed by atoms with Gasteiger partial charge in [-0.05, 0) is 59.8 Å². The second-order valence-electron chi connectivity index (χ2n) is 8.58. The van der Waals surface area contributed by atoms with Crippen LogP contribution in [-0.4, -0.2) is 18.4 Å². The Labute approximate surface area is 176 Å². The molecule has 4 heteroatoms. The summed E-state index contributed by atoms with van der Waals surface area (Å²) in [4.78, 5) is 0. The standard InChI is InChI=1S/C24H49O3P/c1-6-7-8-9-10-11-12-13-14-15-16-17-18-19-20-21-22-28(25,26-23(2)3)27-24(4)5/h13-14,23-24H,6-12,15-22H2,1-5H3. The third-order valence-corrected chi connectivity index (χ3v) is 7.04. The van der Waals surface area contributed by atoms with Crippen molar-refractivity contribution in [1.29, 1.82) is 0 Å². The maximum absolute atomic E-state index is 12.7. The van der Waals surface area contributed by atoms with Crippen LogP contribution in [0.3, 0.4) is 0 Å². The van der Waals surface area contributed by atoms with Crippen LogP contribution in [0.1, 0.15) is 125 Å². The number of allylic oxidation sites excluding steroid dienone is 2. The Morgan fingerprint density at radius 3 is 1.46 bits per heavy atom. The molecule has 0 N–H and O–H groups in total. The predicted octanol–water partition coefficient (Wildman–Crippen LogP) is 9.07. The molecule has 0 heterocycles. The number of hydrogen-bond acceptors (Lipinski definition) is 3. The van der Waals surface area contributed by atoms with Crippen molar-refractivity contribution in [2.45, 2.75) is 137 Å². The van der Waals surface area contributed by atoms with Crippen molar-refractivity contribution < 1.29 is 13.6 Å². The lowest BCUT2D eigenvalue weighted by molar-refractivity contribution is 0.142. The van der Waals surface area contributed by atoms with Crippen molar-refractivity contribution in [2.24, 2.45) is 0 Å². The highest BCUT2D eigenvalue weighted by Gasteiger charge is 2.26. The first-order valence-corrected chi connectivity index (χ1v) is 13.7. The summed E-state index contributed by atoms with van der Waals surface area (Å²) >= 11 is 0. The quantitative estimate of drug-likeness (QED) is 0.113. The SMILES string of the molecule is CCCCCCCCC=CCCCCCCCCP(=O)(OC(C)C)OC(C)C. The van der Waals surface area contributed by atoms with Gasteiger partial charge in [0, 0.05) is 0 Å². The minimum atomic E-state index is -2.93. The highest BCUT2D eigenvalue weighted by atomic mass is 31.2. The van der Waals surface area contributed by atoms with E-state index < -0.39 is 7.60 Å². The van der Waals surface area contributed by atoms with E-state index in [1.165, 1.54) is 77.0 Å². The third kappa shape index (κ3) is 19.2. The Hall–Kier alpha value is -0.110. The van der Waals surface area contributed by atoms with Crippen LogP contribution >= 0.6 is 7.60 Å². The van der Waals surface area contributed by atoms with Gasteiger partial charge in [-0.1, -0.05) is 76.9 Å². The summed E-state index contributed by atoms with van der Waals surface area (Å²) in [7, 11) is -2.93. The summed E-state index contributed by atoms with van der Waals surface area (Å²) in [6.07, 6.45) is 23.0. The highest BCUT2D eigenvalue weighted by Crippen LogP contribution is 2.51. The Kier molecular flexibility index (Phi) is 18.8. The van der Waals surface area contributed by atoms with Gasteiger partial charge in [-0.3, -0.25) is 4.57 Å². The van der Waals surface area contributed by atoms with E-state index in [4.69, 9.17) is 9.05 Å². The monoisotopic (exact) mass is 416 g/mol. The Balaban J connectivity index is 3.55. The fraction of sp³-hybridized carbons (Fsp3) is 0.917. The van der Waals surface area contributed by atoms with Gasteiger partial charge in [0.2, 0.25) is 0 Å². The molecule has 28 heavy (non-hydrogen) atoms. The van der Waals surface area contributed by atoms with Crippen molar-refractivity contribution >= 4 is 7.60 Å². The average Bonchev–Trinajstić information content (AvgIpc) is 2.60. The van der Waals surface area contributed by atoms with Crippen LogP contribution in [0.2, 0.25) is 0 Å². The van der Waals surface area contributed by atoms with E-state index in [9.17, 15) is 4.57 Å². The van der Waals surface area contributed by atoms with Gasteiger partial charge in [-0.15, -0.1) is 0 Å². The van der Waals surface area contributed by atoms with Crippen LogP contribution in [0.25, 0.3) is 0 Å². The fourth-order valence-electron chi connectivity index (χ4n) is 3.33. The molecule has 0 rings (SSSR count). The van der Waals surface area contributed by atoms with Crippen LogP contribution in [0.4, 0.5) is 0 Å². The van der Waals surface area contributed by atoms with Gasteiger partial charge < -0.3 is 9.05 Å². The molecule has 0 aromatic carbocycles. The van der Waals surface area contributed by atoms with Gasteiger partial charge in [0.1, 0.15) is 0 Å². The molecule has 0 aliphatic carbocycles. The third-order valence-electron chi connectivity index (χ3n) is 4.69. The molecule has 3 nitrogen and oxygen atoms in total. The lowest BCUT2D eigenvalue weighted by atomic mass is 10.1. The molecule has 0 aromatic heterocycles. The maximum atomic E-state index is 12.7. The van der Waals surface area contributed by atoms with Crippen molar-refractivity contribution in [3.8, 4) is 0 Å². The molecule has 0 unspecified atom stereocenters. The molecule has 0 saturated carbocycles. The molecule has 0 spiro atoms. The van der Waals surface area contributed by atoms with E-state index in [0.717, 1.165) is 12.8 Å². The van der Waals surface area contributed by atoms with Crippen LogP contribution in [0, 0.1) is 0 Å². The minimum Gasteiger partial charge on any atom is -0.306 e. The zero-order chi connectivity index (χ0) is 21.1. The van der Waals surface area contributed by atoms with E-state index in [0.29, 0.717) is 6.16 Å². The van der Waals surface area contributed by atoms with E-state index in [-0.39, 0.29) is 12.2 Å². The summed E-state index contributed by atoms with van der Waals surface area (Å²) < 4.78 is 23.9. The van der Waals surface area contributed by atoms with Gasteiger partial charge in [0.05, 0.1) is 18.4 Å². The first kappa shape index (κ1) is 27.9. The summed E-state index contributed by atoms with van der Waals surface area (Å²) in [5.74, 6) is 0. The predicted molar refractivity (Wildman–Crippen MR) is 124 cm³/mol. The van der Waals surface area contributed by atoms with Gasteiger partial charge in [-0.25, -0.2) is 0 Å². The van der Waals surface area contributed by atoms with E-state index >= 15 is 0 Å². The molecule has 0 aromatic rings. The van der Waals surface area contributed by atoms with Crippen LogP contribution in [-0.2, 0) is 13.6 Å². The number of hydrogen-bond donors (Lipinski definition) is 0. The van der Waals surface area contributed by atoms with Gasteiger partial charge in [0.25, 0.3) is 0 Å². The molecule has 0 aliphatic rings. The molecule has 0 bridgehead atoms. The van der Waals surface area contributed by atoms with Crippen molar-refractivity contribution in [3.05, 3.63) is 12.2 Å². The highest BCUT2D eigenvalue weighted by molar-refractivity contribution is 7.53. The molecule has 0 saturated heterocycles. The van der Waals surface area contributed by atoms with E-state index in [1.807, 2.05) is 27.7 Å². The molecule has 0 amide bonds. The topological polar surface area (TPSA) is 35.5 Å². The summed E-state index contributed by atoms with van der Waals surface area (Å²) in [6, 6.07) is 0. The van der Waals surface area contributed by atoms with Gasteiger partial charge >= 0.3 is 7.60 Å². The van der Waals surface area contributed by atoms with Crippen molar-refractivity contribution in [1.82, 2.24) is 0 Å². The summed E-state index contributed by atoms with van der Waals surface area (Å²) in [6.45, 7) is 9.93. The van der Waals surface area contributed by atoms with Crippen LogP contribution in [0.5, 0.6) is 0 Å². The maximum Gasteiger partial charge on any atom is 0.331 e. The van der Waals surface area contributed by atoms with Crippen LogP contribution in [0.15, 0.2) is 12.2 Å². The van der Waals surface area contributed by atoms with Gasteiger partial charge in [-0.2, -0.15) is 0 Å². The largest absolute Gasteiger partial charge is 0.331 e. The zero-order valence-corrected chi connectivity index (χ0v) is 20.5. The lowest BCUT2D eigenvalue weighted by Crippen LogP contribution is -2.10.